The highest BCUT2D eigenvalue weighted by atomic mass is 35.5. The van der Waals surface area contributed by atoms with Crippen molar-refractivity contribution in [3.63, 3.8) is 0 Å². The molecule has 1 heterocycles. The second kappa shape index (κ2) is 6.12. The van der Waals surface area contributed by atoms with Crippen LogP contribution in [0.3, 0.4) is 0 Å². The molecule has 0 aliphatic rings. The smallest absolute Gasteiger partial charge is 0.191 e. The Labute approximate surface area is 122 Å². The molecular weight excluding hydrogens is 280 g/mol. The molecule has 0 bridgehead atoms. The lowest BCUT2D eigenvalue weighted by atomic mass is 10.2. The second-order valence-corrected chi connectivity index (χ2v) is 5.17. The topological polar surface area (TPSA) is 49.8 Å². The van der Waals surface area contributed by atoms with Gasteiger partial charge in [-0.1, -0.05) is 29.4 Å². The number of benzene rings is 1. The van der Waals surface area contributed by atoms with Crippen molar-refractivity contribution < 1.29 is 0 Å². The molecule has 1 aromatic heterocycles. The van der Waals surface area contributed by atoms with E-state index in [9.17, 15) is 0 Å². The Morgan fingerprint density at radius 1 is 1.16 bits per heavy atom. The van der Waals surface area contributed by atoms with Gasteiger partial charge in [-0.05, 0) is 30.9 Å². The minimum absolute atomic E-state index is 0.695. The zero-order valence-electron chi connectivity index (χ0n) is 11.0. The number of thioether (sulfide) groups is 1. The molecule has 0 atom stereocenters. The van der Waals surface area contributed by atoms with Crippen molar-refractivity contribution in [2.75, 3.05) is 23.9 Å². The maximum Gasteiger partial charge on any atom is 0.191 e. The highest BCUT2D eigenvalue weighted by Crippen LogP contribution is 2.25. The lowest BCUT2D eigenvalue weighted by molar-refractivity contribution is 0.977. The lowest BCUT2D eigenvalue weighted by Gasteiger charge is -2.11. The number of nitrogens with zero attached hydrogens (tertiary/aromatic N) is 2. The van der Waals surface area contributed by atoms with E-state index in [4.69, 9.17) is 11.6 Å². The number of halogens is 1. The molecule has 0 saturated heterocycles. The molecule has 0 fully saturated rings. The zero-order chi connectivity index (χ0) is 13.8. The summed E-state index contributed by atoms with van der Waals surface area (Å²) >= 11 is 7.51. The fourth-order valence-corrected chi connectivity index (χ4v) is 2.13. The molecule has 0 aliphatic carbocycles. The number of aromatic nitrogens is 2. The Hall–Kier alpha value is -1.46. The molecule has 1 aromatic carbocycles. The van der Waals surface area contributed by atoms with Gasteiger partial charge in [-0.3, -0.25) is 0 Å². The van der Waals surface area contributed by atoms with Gasteiger partial charge in [-0.2, -0.15) is 0 Å². The third-order valence-corrected chi connectivity index (χ3v) is 3.39. The third-order valence-electron chi connectivity index (χ3n) is 2.61. The number of aryl methyl sites for hydroxylation is 1. The van der Waals surface area contributed by atoms with E-state index >= 15 is 0 Å². The van der Waals surface area contributed by atoms with Gasteiger partial charge in [0, 0.05) is 23.8 Å². The van der Waals surface area contributed by atoms with Crippen LogP contribution >= 0.6 is 23.4 Å². The maximum absolute atomic E-state index is 6.01. The summed E-state index contributed by atoms with van der Waals surface area (Å²) in [6.45, 7) is 2.02. The third kappa shape index (κ3) is 3.52. The van der Waals surface area contributed by atoms with Gasteiger partial charge >= 0.3 is 0 Å². The minimum atomic E-state index is 0.695. The summed E-state index contributed by atoms with van der Waals surface area (Å²) in [5, 5.41) is 7.71. The number of anilines is 3. The first-order chi connectivity index (χ1) is 9.12. The van der Waals surface area contributed by atoms with Gasteiger partial charge in [0.1, 0.15) is 11.6 Å². The van der Waals surface area contributed by atoms with E-state index < -0.39 is 0 Å². The van der Waals surface area contributed by atoms with E-state index in [0.29, 0.717) is 10.2 Å². The normalized spacial score (nSPS) is 10.3. The van der Waals surface area contributed by atoms with E-state index in [-0.39, 0.29) is 0 Å². The van der Waals surface area contributed by atoms with Crippen LogP contribution in [0.2, 0.25) is 5.02 Å². The first-order valence-electron chi connectivity index (χ1n) is 5.76. The summed E-state index contributed by atoms with van der Waals surface area (Å²) in [5.41, 5.74) is 2.06. The van der Waals surface area contributed by atoms with Crippen LogP contribution in [0.5, 0.6) is 0 Å². The number of nitrogens with one attached hydrogen (secondary N) is 2. The van der Waals surface area contributed by atoms with Gasteiger partial charge in [0.15, 0.2) is 5.16 Å². The second-order valence-electron chi connectivity index (χ2n) is 3.96. The summed E-state index contributed by atoms with van der Waals surface area (Å²) < 4.78 is 0. The van der Waals surface area contributed by atoms with Gasteiger partial charge in [-0.15, -0.1) is 0 Å². The van der Waals surface area contributed by atoms with Crippen molar-refractivity contribution in [3.05, 3.63) is 34.9 Å². The Morgan fingerprint density at radius 2 is 1.89 bits per heavy atom. The number of rotatable bonds is 4. The summed E-state index contributed by atoms with van der Waals surface area (Å²) in [7, 11) is 1.83. The first kappa shape index (κ1) is 14.0. The molecule has 0 unspecified atom stereocenters. The molecule has 0 aliphatic heterocycles. The van der Waals surface area contributed by atoms with Crippen LogP contribution in [0.15, 0.2) is 29.4 Å². The average Bonchev–Trinajstić information content (AvgIpc) is 2.42. The van der Waals surface area contributed by atoms with E-state index in [2.05, 4.69) is 20.6 Å². The van der Waals surface area contributed by atoms with Crippen molar-refractivity contribution in [2.24, 2.45) is 0 Å². The average molecular weight is 295 g/mol. The van der Waals surface area contributed by atoms with E-state index in [1.165, 1.54) is 11.8 Å². The van der Waals surface area contributed by atoms with Crippen molar-refractivity contribution in [1.82, 2.24) is 9.97 Å². The Kier molecular flexibility index (Phi) is 4.50. The van der Waals surface area contributed by atoms with Crippen LogP contribution in [-0.4, -0.2) is 23.3 Å². The molecular formula is C13H15ClN4S. The quantitative estimate of drug-likeness (QED) is 0.660. The highest BCUT2D eigenvalue weighted by molar-refractivity contribution is 7.98. The number of hydrogen-bond donors (Lipinski definition) is 2. The van der Waals surface area contributed by atoms with Gasteiger partial charge < -0.3 is 10.6 Å². The van der Waals surface area contributed by atoms with Crippen LogP contribution in [0, 0.1) is 6.92 Å². The molecule has 2 N–H and O–H groups in total. The van der Waals surface area contributed by atoms with Crippen LogP contribution in [0.25, 0.3) is 0 Å². The lowest BCUT2D eigenvalue weighted by Crippen LogP contribution is -2.01. The summed E-state index contributed by atoms with van der Waals surface area (Å²) in [5.74, 6) is 1.52. The standard InChI is InChI=1S/C13H15ClN4S/c1-8-4-5-9(14)6-10(8)16-12-7-11(15-2)17-13(18-12)19-3/h4-7H,1-3H3,(H2,15,16,17,18). The van der Waals surface area contributed by atoms with Crippen molar-refractivity contribution in [3.8, 4) is 0 Å². The Morgan fingerprint density at radius 3 is 2.58 bits per heavy atom. The SMILES string of the molecule is CNc1cc(Nc2cc(Cl)ccc2C)nc(SC)n1. The summed E-state index contributed by atoms with van der Waals surface area (Å²) in [6.07, 6.45) is 1.95. The highest BCUT2D eigenvalue weighted by Gasteiger charge is 2.05. The molecule has 2 aromatic rings. The minimum Gasteiger partial charge on any atom is -0.373 e. The van der Waals surface area contributed by atoms with Crippen molar-refractivity contribution in [1.29, 1.82) is 0 Å². The number of hydrogen-bond acceptors (Lipinski definition) is 5. The molecule has 0 amide bonds. The van der Waals surface area contributed by atoms with Gasteiger partial charge in [0.05, 0.1) is 0 Å². The van der Waals surface area contributed by atoms with E-state index in [0.717, 1.165) is 22.9 Å². The predicted molar refractivity (Wildman–Crippen MR) is 82.8 cm³/mol. The molecule has 0 radical (unpaired) electrons. The van der Waals surface area contributed by atoms with Crippen LogP contribution in [0.1, 0.15) is 5.56 Å². The van der Waals surface area contributed by atoms with Gasteiger partial charge in [0.2, 0.25) is 0 Å². The fourth-order valence-electron chi connectivity index (χ4n) is 1.58. The largest absolute Gasteiger partial charge is 0.373 e. The van der Waals surface area contributed by atoms with Gasteiger partial charge in [0.25, 0.3) is 0 Å². The predicted octanol–water partition coefficient (Wildman–Crippen LogP) is 3.95. The van der Waals surface area contributed by atoms with Crippen molar-refractivity contribution >= 4 is 40.7 Å². The van der Waals surface area contributed by atoms with Crippen LogP contribution in [0.4, 0.5) is 17.3 Å². The van der Waals surface area contributed by atoms with Gasteiger partial charge in [-0.25, -0.2) is 9.97 Å². The fraction of sp³-hybridized carbons (Fsp3) is 0.231. The van der Waals surface area contributed by atoms with E-state index in [1.807, 2.05) is 44.5 Å². The molecule has 6 heteroatoms. The molecule has 2 rings (SSSR count). The van der Waals surface area contributed by atoms with Crippen LogP contribution in [-0.2, 0) is 0 Å². The molecule has 0 spiro atoms. The Bertz CT molecular complexity index is 567. The zero-order valence-corrected chi connectivity index (χ0v) is 12.6. The summed E-state index contributed by atoms with van der Waals surface area (Å²) in [4.78, 5) is 8.75. The molecule has 100 valence electrons. The molecule has 4 nitrogen and oxygen atoms in total. The summed E-state index contributed by atoms with van der Waals surface area (Å²) in [6, 6.07) is 7.59. The Balaban J connectivity index is 2.34. The maximum atomic E-state index is 6.01. The van der Waals surface area contributed by atoms with Crippen molar-refractivity contribution in [2.45, 2.75) is 12.1 Å². The van der Waals surface area contributed by atoms with E-state index in [1.54, 1.807) is 0 Å². The van der Waals surface area contributed by atoms with Crippen LogP contribution < -0.4 is 10.6 Å². The monoisotopic (exact) mass is 294 g/mol. The molecule has 19 heavy (non-hydrogen) atoms. The molecule has 0 saturated carbocycles. The first-order valence-corrected chi connectivity index (χ1v) is 7.36.